The summed E-state index contributed by atoms with van der Waals surface area (Å²) >= 11 is 0. The Bertz CT molecular complexity index is 1100. The number of H-pyrrole nitrogens is 1. The van der Waals surface area contributed by atoms with Crippen molar-refractivity contribution in [3.05, 3.63) is 42.0 Å². The van der Waals surface area contributed by atoms with Gasteiger partial charge in [0.15, 0.2) is 5.82 Å². The van der Waals surface area contributed by atoms with Crippen LogP contribution in [0.5, 0.6) is 0 Å². The molecule has 7 heteroatoms. The lowest BCUT2D eigenvalue weighted by Crippen LogP contribution is -2.47. The quantitative estimate of drug-likeness (QED) is 0.581. The van der Waals surface area contributed by atoms with E-state index in [-0.39, 0.29) is 0 Å². The monoisotopic (exact) mass is 445 g/mol. The first-order valence-electron chi connectivity index (χ1n) is 12.3. The maximum Gasteiger partial charge on any atom is 0.157 e. The number of hydrogen-bond acceptors (Lipinski definition) is 6. The maximum absolute atomic E-state index is 7.47. The Kier molecular flexibility index (Phi) is 6.42. The zero-order chi connectivity index (χ0) is 22.8. The molecule has 1 aromatic carbocycles. The molecule has 7 nitrogen and oxygen atoms in total. The van der Waals surface area contributed by atoms with Gasteiger partial charge in [-0.15, -0.1) is 0 Å². The van der Waals surface area contributed by atoms with Crippen molar-refractivity contribution in [1.82, 2.24) is 24.8 Å². The summed E-state index contributed by atoms with van der Waals surface area (Å²) in [5.74, 6) is 1.81. The average Bonchev–Trinajstić information content (AvgIpc) is 3.12. The van der Waals surface area contributed by atoms with Crippen LogP contribution >= 0.6 is 0 Å². The highest BCUT2D eigenvalue weighted by molar-refractivity contribution is 5.87. The van der Waals surface area contributed by atoms with Crippen molar-refractivity contribution in [2.75, 3.05) is 44.2 Å². The standard InChI is InChI=1S/C26H35N7/c1-19(2)31-13-9-21(10-14-31)32-11-4-12-33(16-15-32)25-6-3-5-23(28-25)26-29-22-8-7-20(18-27)17-24(22)30-26/h3,5-8,17-19,21,27H,4,9-16H2,1-2H3,(H,29,30). The predicted molar refractivity (Wildman–Crippen MR) is 135 cm³/mol. The molecule has 2 aliphatic heterocycles. The number of hydrogen-bond donors (Lipinski definition) is 2. The van der Waals surface area contributed by atoms with Crippen molar-refractivity contribution in [2.24, 2.45) is 0 Å². The van der Waals surface area contributed by atoms with Gasteiger partial charge in [0.2, 0.25) is 0 Å². The topological polar surface area (TPSA) is 75.1 Å². The third-order valence-corrected chi connectivity index (χ3v) is 7.25. The number of rotatable bonds is 5. The summed E-state index contributed by atoms with van der Waals surface area (Å²) in [5.41, 5.74) is 3.56. The molecule has 0 aliphatic carbocycles. The maximum atomic E-state index is 7.47. The second-order valence-electron chi connectivity index (χ2n) is 9.62. The van der Waals surface area contributed by atoms with Crippen LogP contribution in [0.25, 0.3) is 22.6 Å². The fraction of sp³-hybridized carbons (Fsp3) is 0.500. The van der Waals surface area contributed by atoms with Crippen LogP contribution in [-0.2, 0) is 0 Å². The number of pyridine rings is 1. The lowest BCUT2D eigenvalue weighted by atomic mass is 10.0. The van der Waals surface area contributed by atoms with E-state index in [1.807, 2.05) is 24.3 Å². The van der Waals surface area contributed by atoms with Gasteiger partial charge in [-0.1, -0.05) is 12.1 Å². The minimum absolute atomic E-state index is 0.661. The second-order valence-corrected chi connectivity index (χ2v) is 9.62. The lowest BCUT2D eigenvalue weighted by molar-refractivity contribution is 0.0965. The molecule has 0 unspecified atom stereocenters. The first-order chi connectivity index (χ1) is 16.1. The van der Waals surface area contributed by atoms with Crippen LogP contribution < -0.4 is 4.90 Å². The van der Waals surface area contributed by atoms with E-state index in [0.29, 0.717) is 6.04 Å². The van der Waals surface area contributed by atoms with Gasteiger partial charge in [0, 0.05) is 44.5 Å². The van der Waals surface area contributed by atoms with Gasteiger partial charge >= 0.3 is 0 Å². The van der Waals surface area contributed by atoms with Crippen molar-refractivity contribution in [3.8, 4) is 11.5 Å². The molecule has 0 saturated carbocycles. The zero-order valence-corrected chi connectivity index (χ0v) is 19.8. The van der Waals surface area contributed by atoms with Crippen LogP contribution in [-0.4, -0.2) is 82.3 Å². The van der Waals surface area contributed by atoms with E-state index < -0.39 is 0 Å². The van der Waals surface area contributed by atoms with E-state index in [9.17, 15) is 0 Å². The molecular weight excluding hydrogens is 410 g/mol. The Labute approximate surface area is 196 Å². The number of aromatic amines is 1. The lowest BCUT2D eigenvalue weighted by Gasteiger charge is -2.39. The van der Waals surface area contributed by atoms with E-state index in [1.165, 1.54) is 45.1 Å². The van der Waals surface area contributed by atoms with Gasteiger partial charge in [-0.2, -0.15) is 0 Å². The highest BCUT2D eigenvalue weighted by Crippen LogP contribution is 2.24. The van der Waals surface area contributed by atoms with Gasteiger partial charge < -0.3 is 20.2 Å². The van der Waals surface area contributed by atoms with Gasteiger partial charge in [-0.05, 0) is 76.0 Å². The van der Waals surface area contributed by atoms with Crippen LogP contribution in [0.15, 0.2) is 36.4 Å². The third kappa shape index (κ3) is 4.80. The highest BCUT2D eigenvalue weighted by Gasteiger charge is 2.27. The molecule has 2 N–H and O–H groups in total. The number of imidazole rings is 1. The number of aromatic nitrogens is 3. The van der Waals surface area contributed by atoms with Crippen molar-refractivity contribution in [3.63, 3.8) is 0 Å². The Balaban J connectivity index is 1.27. The fourth-order valence-corrected chi connectivity index (χ4v) is 5.27. The first kappa shape index (κ1) is 22.0. The molecule has 0 amide bonds. The van der Waals surface area contributed by atoms with Gasteiger partial charge in [0.1, 0.15) is 11.5 Å². The number of anilines is 1. The summed E-state index contributed by atoms with van der Waals surface area (Å²) in [6.45, 7) is 11.4. The molecule has 2 saturated heterocycles. The summed E-state index contributed by atoms with van der Waals surface area (Å²) in [7, 11) is 0. The summed E-state index contributed by atoms with van der Waals surface area (Å²) < 4.78 is 0. The van der Waals surface area contributed by atoms with Gasteiger partial charge in [0.25, 0.3) is 0 Å². The fourth-order valence-electron chi connectivity index (χ4n) is 5.27. The molecule has 2 fully saturated rings. The molecule has 0 bridgehead atoms. The van der Waals surface area contributed by atoms with Gasteiger partial charge in [0.05, 0.1) is 11.0 Å². The summed E-state index contributed by atoms with van der Waals surface area (Å²) in [5, 5.41) is 7.47. The molecule has 0 spiro atoms. The normalized spacial score (nSPS) is 19.3. The third-order valence-electron chi connectivity index (χ3n) is 7.25. The Morgan fingerprint density at radius 1 is 1.00 bits per heavy atom. The van der Waals surface area contributed by atoms with Crippen molar-refractivity contribution in [2.45, 2.75) is 45.2 Å². The van der Waals surface area contributed by atoms with Crippen LogP contribution in [0.4, 0.5) is 5.82 Å². The van der Waals surface area contributed by atoms with Crippen molar-refractivity contribution in [1.29, 1.82) is 5.41 Å². The van der Waals surface area contributed by atoms with Crippen LogP contribution in [0.1, 0.15) is 38.7 Å². The summed E-state index contributed by atoms with van der Waals surface area (Å²) in [4.78, 5) is 20.9. The number of benzene rings is 1. The molecular formula is C26H35N7. The number of piperidine rings is 1. The molecule has 33 heavy (non-hydrogen) atoms. The number of fused-ring (bicyclic) bond motifs is 1. The highest BCUT2D eigenvalue weighted by atomic mass is 15.3. The van der Waals surface area contributed by atoms with E-state index in [2.05, 4.69) is 45.7 Å². The van der Waals surface area contributed by atoms with E-state index >= 15 is 0 Å². The summed E-state index contributed by atoms with van der Waals surface area (Å²) in [6.07, 6.45) is 5.11. The smallest absolute Gasteiger partial charge is 0.157 e. The minimum atomic E-state index is 0.661. The predicted octanol–water partition coefficient (Wildman–Crippen LogP) is 4.01. The second kappa shape index (κ2) is 9.61. The largest absolute Gasteiger partial charge is 0.355 e. The summed E-state index contributed by atoms with van der Waals surface area (Å²) in [6, 6.07) is 13.4. The number of nitrogens with one attached hydrogen (secondary N) is 2. The molecule has 2 aromatic heterocycles. The average molecular weight is 446 g/mol. The minimum Gasteiger partial charge on any atom is -0.355 e. The molecule has 0 radical (unpaired) electrons. The van der Waals surface area contributed by atoms with Crippen molar-refractivity contribution >= 4 is 23.1 Å². The van der Waals surface area contributed by atoms with Crippen LogP contribution in [0.2, 0.25) is 0 Å². The van der Waals surface area contributed by atoms with Crippen molar-refractivity contribution < 1.29 is 0 Å². The molecule has 3 aromatic rings. The van der Waals surface area contributed by atoms with Gasteiger partial charge in [-0.25, -0.2) is 9.97 Å². The molecule has 174 valence electrons. The Morgan fingerprint density at radius 3 is 2.64 bits per heavy atom. The van der Waals surface area contributed by atoms with E-state index in [4.69, 9.17) is 15.4 Å². The molecule has 0 atom stereocenters. The first-order valence-corrected chi connectivity index (χ1v) is 12.3. The van der Waals surface area contributed by atoms with Gasteiger partial charge in [-0.3, -0.25) is 4.90 Å². The molecule has 2 aliphatic rings. The van der Waals surface area contributed by atoms with E-state index in [0.717, 1.165) is 59.6 Å². The van der Waals surface area contributed by atoms with E-state index in [1.54, 1.807) is 0 Å². The Morgan fingerprint density at radius 2 is 1.85 bits per heavy atom. The molecule has 4 heterocycles. The number of likely N-dealkylation sites (tertiary alicyclic amines) is 1. The number of nitrogens with zero attached hydrogens (tertiary/aromatic N) is 5. The molecule has 5 rings (SSSR count). The SMILES string of the molecule is CC(C)N1CCC(N2CCCN(c3cccc(-c4nc5ccc(C=N)cc5[nH]4)n3)CC2)CC1. The Hall–Kier alpha value is -2.77. The van der Waals surface area contributed by atoms with Crippen LogP contribution in [0, 0.1) is 5.41 Å². The zero-order valence-electron chi connectivity index (χ0n) is 19.8. The van der Waals surface area contributed by atoms with Crippen LogP contribution in [0.3, 0.4) is 0 Å².